The van der Waals surface area contributed by atoms with E-state index in [0.29, 0.717) is 23.8 Å². The fourth-order valence-electron chi connectivity index (χ4n) is 2.75. The quantitative estimate of drug-likeness (QED) is 0.894. The molecule has 2 aliphatic rings. The first-order valence-electron chi connectivity index (χ1n) is 7.70. The number of carbonyl (C=O) groups excluding carboxylic acids is 1. The molecule has 1 aliphatic heterocycles. The molecule has 3 rings (SSSR count). The lowest BCUT2D eigenvalue weighted by Crippen LogP contribution is -2.50. The number of rotatable bonds is 5. The summed E-state index contributed by atoms with van der Waals surface area (Å²) in [6, 6.07) is 4.26. The van der Waals surface area contributed by atoms with Crippen LogP contribution < -0.4 is 5.32 Å². The average molecular weight is 343 g/mol. The molecule has 2 amide bonds. The Morgan fingerprint density at radius 2 is 2.26 bits per heavy atom. The number of carbonyl (C=O) groups is 1. The molecule has 2 atom stereocenters. The van der Waals surface area contributed by atoms with E-state index in [4.69, 9.17) is 21.1 Å². The summed E-state index contributed by atoms with van der Waals surface area (Å²) < 4.78 is 24.6. The summed E-state index contributed by atoms with van der Waals surface area (Å²) in [7, 11) is 1.59. The van der Waals surface area contributed by atoms with E-state index in [1.54, 1.807) is 24.1 Å². The smallest absolute Gasteiger partial charge is 0.318 e. The summed E-state index contributed by atoms with van der Waals surface area (Å²) >= 11 is 6.08. The van der Waals surface area contributed by atoms with Gasteiger partial charge in [0.2, 0.25) is 0 Å². The van der Waals surface area contributed by atoms with Crippen LogP contribution in [0, 0.1) is 5.82 Å². The average Bonchev–Trinajstić information content (AvgIpc) is 3.26. The van der Waals surface area contributed by atoms with E-state index >= 15 is 0 Å². The van der Waals surface area contributed by atoms with Gasteiger partial charge >= 0.3 is 6.03 Å². The maximum atomic E-state index is 14.0. The molecule has 126 valence electrons. The molecule has 5 nitrogen and oxygen atoms in total. The number of nitrogens with zero attached hydrogens (tertiary/aromatic N) is 1. The monoisotopic (exact) mass is 342 g/mol. The molecule has 23 heavy (non-hydrogen) atoms. The van der Waals surface area contributed by atoms with Crippen molar-refractivity contribution >= 4 is 17.6 Å². The molecule has 1 N–H and O–H groups in total. The van der Waals surface area contributed by atoms with Gasteiger partial charge in [0.05, 0.1) is 25.8 Å². The van der Waals surface area contributed by atoms with Crippen molar-refractivity contribution in [3.05, 3.63) is 34.6 Å². The van der Waals surface area contributed by atoms with E-state index in [1.165, 1.54) is 6.07 Å². The van der Waals surface area contributed by atoms with Crippen LogP contribution in [0.4, 0.5) is 9.18 Å². The minimum Gasteiger partial charge on any atom is -0.377 e. The fourth-order valence-corrected chi connectivity index (χ4v) is 2.97. The summed E-state index contributed by atoms with van der Waals surface area (Å²) in [6.45, 7) is 1.04. The Morgan fingerprint density at radius 1 is 1.48 bits per heavy atom. The lowest BCUT2D eigenvalue weighted by Gasteiger charge is -2.26. The first-order valence-corrected chi connectivity index (χ1v) is 8.08. The van der Waals surface area contributed by atoms with Crippen molar-refractivity contribution in [3.63, 3.8) is 0 Å². The molecule has 1 aromatic carbocycles. The number of urea groups is 1. The molecule has 0 radical (unpaired) electrons. The number of ether oxygens (including phenoxy) is 2. The normalized spacial score (nSPS) is 23.8. The van der Waals surface area contributed by atoms with E-state index in [9.17, 15) is 9.18 Å². The van der Waals surface area contributed by atoms with Gasteiger partial charge in [0.15, 0.2) is 0 Å². The van der Waals surface area contributed by atoms with Gasteiger partial charge in [-0.05, 0) is 25.0 Å². The molecule has 7 heteroatoms. The predicted molar refractivity (Wildman–Crippen MR) is 83.9 cm³/mol. The van der Waals surface area contributed by atoms with E-state index in [-0.39, 0.29) is 30.8 Å². The molecule has 1 aliphatic carbocycles. The Morgan fingerprint density at radius 3 is 2.91 bits per heavy atom. The van der Waals surface area contributed by atoms with Crippen LogP contribution in [0.2, 0.25) is 5.02 Å². The molecule has 0 aromatic heterocycles. The Hall–Kier alpha value is -1.37. The van der Waals surface area contributed by atoms with E-state index in [1.807, 2.05) is 0 Å². The van der Waals surface area contributed by atoms with Gasteiger partial charge in [0, 0.05) is 23.7 Å². The second-order valence-corrected chi connectivity index (χ2v) is 6.33. The molecule has 0 spiro atoms. The number of hydrogen-bond acceptors (Lipinski definition) is 3. The highest BCUT2D eigenvalue weighted by Crippen LogP contribution is 2.31. The molecule has 1 saturated carbocycles. The maximum Gasteiger partial charge on any atom is 0.318 e. The van der Waals surface area contributed by atoms with E-state index in [0.717, 1.165) is 12.8 Å². The molecule has 0 unspecified atom stereocenters. The van der Waals surface area contributed by atoms with Gasteiger partial charge < -0.3 is 19.7 Å². The summed E-state index contributed by atoms with van der Waals surface area (Å²) in [4.78, 5) is 14.3. The minimum atomic E-state index is -0.394. The third-order valence-corrected chi connectivity index (χ3v) is 4.63. The van der Waals surface area contributed by atoms with Crippen molar-refractivity contribution < 1.29 is 18.7 Å². The van der Waals surface area contributed by atoms with Crippen molar-refractivity contribution in [3.8, 4) is 0 Å². The SMILES string of the molecule is CO[C@H]1COC[C@@H]1NC(=O)N(Cc1c(F)cccc1Cl)C1CC1. The molecular weight excluding hydrogens is 323 g/mol. The first kappa shape index (κ1) is 16.5. The number of amides is 2. The summed E-state index contributed by atoms with van der Waals surface area (Å²) in [6.07, 6.45) is 1.69. The van der Waals surface area contributed by atoms with Gasteiger partial charge in [-0.15, -0.1) is 0 Å². The fraction of sp³-hybridized carbons (Fsp3) is 0.562. The van der Waals surface area contributed by atoms with Crippen LogP contribution in [0.5, 0.6) is 0 Å². The van der Waals surface area contributed by atoms with E-state index < -0.39 is 5.82 Å². The third-order valence-electron chi connectivity index (χ3n) is 4.28. The molecule has 1 aromatic rings. The lowest BCUT2D eigenvalue weighted by molar-refractivity contribution is 0.0732. The Labute approximate surface area is 139 Å². The zero-order valence-corrected chi connectivity index (χ0v) is 13.7. The van der Waals surface area contributed by atoms with Crippen molar-refractivity contribution in [2.75, 3.05) is 20.3 Å². The number of hydrogen-bond donors (Lipinski definition) is 1. The standard InChI is InChI=1S/C16H20ClFN2O3/c1-22-15-9-23-8-14(15)19-16(21)20(10-5-6-10)7-11-12(17)3-2-4-13(11)18/h2-4,10,14-15H,5-9H2,1H3,(H,19,21)/t14-,15-/m0/s1. The van der Waals surface area contributed by atoms with Crippen LogP contribution >= 0.6 is 11.6 Å². The third kappa shape index (κ3) is 3.76. The van der Waals surface area contributed by atoms with Crippen molar-refractivity contribution in [2.45, 2.75) is 37.6 Å². The van der Waals surface area contributed by atoms with Crippen LogP contribution in [0.15, 0.2) is 18.2 Å². The van der Waals surface area contributed by atoms with Gasteiger partial charge in [0.25, 0.3) is 0 Å². The van der Waals surface area contributed by atoms with Crippen molar-refractivity contribution in [2.24, 2.45) is 0 Å². The van der Waals surface area contributed by atoms with Crippen molar-refractivity contribution in [1.29, 1.82) is 0 Å². The zero-order valence-electron chi connectivity index (χ0n) is 12.9. The lowest BCUT2D eigenvalue weighted by atomic mass is 10.2. The van der Waals surface area contributed by atoms with Crippen LogP contribution in [0.25, 0.3) is 0 Å². The Balaban J connectivity index is 1.70. The second-order valence-electron chi connectivity index (χ2n) is 5.93. The molecule has 1 saturated heterocycles. The number of methoxy groups -OCH3 is 1. The van der Waals surface area contributed by atoms with Gasteiger partial charge in [-0.1, -0.05) is 17.7 Å². The van der Waals surface area contributed by atoms with Crippen LogP contribution in [0.3, 0.4) is 0 Å². The van der Waals surface area contributed by atoms with Crippen molar-refractivity contribution in [1.82, 2.24) is 10.2 Å². The summed E-state index contributed by atoms with van der Waals surface area (Å²) in [5.41, 5.74) is 0.349. The predicted octanol–water partition coefficient (Wildman–Crippen LogP) is 2.57. The van der Waals surface area contributed by atoms with Gasteiger partial charge in [-0.25, -0.2) is 9.18 Å². The highest BCUT2D eigenvalue weighted by Gasteiger charge is 2.36. The van der Waals surface area contributed by atoms with Gasteiger partial charge in [-0.2, -0.15) is 0 Å². The highest BCUT2D eigenvalue weighted by molar-refractivity contribution is 6.31. The zero-order chi connectivity index (χ0) is 16.4. The minimum absolute atomic E-state index is 0.133. The van der Waals surface area contributed by atoms with Crippen LogP contribution in [-0.2, 0) is 16.0 Å². The highest BCUT2D eigenvalue weighted by atomic mass is 35.5. The number of nitrogens with one attached hydrogen (secondary N) is 1. The molecular formula is C16H20ClFN2O3. The van der Waals surface area contributed by atoms with Gasteiger partial charge in [0.1, 0.15) is 11.9 Å². The Kier molecular flexibility index (Phi) is 5.04. The summed E-state index contributed by atoms with van der Waals surface area (Å²) in [5, 5.41) is 3.27. The second kappa shape index (κ2) is 7.03. The summed E-state index contributed by atoms with van der Waals surface area (Å²) in [5.74, 6) is -0.394. The van der Waals surface area contributed by atoms with Gasteiger partial charge in [-0.3, -0.25) is 0 Å². The van der Waals surface area contributed by atoms with E-state index in [2.05, 4.69) is 5.32 Å². The Bertz CT molecular complexity index is 562. The maximum absolute atomic E-state index is 14.0. The number of halogens is 2. The largest absolute Gasteiger partial charge is 0.377 e. The first-order chi connectivity index (χ1) is 11.1. The molecule has 0 bridgehead atoms. The van der Waals surface area contributed by atoms with Crippen LogP contribution in [-0.4, -0.2) is 49.4 Å². The molecule has 1 heterocycles. The van der Waals surface area contributed by atoms with Crippen LogP contribution in [0.1, 0.15) is 18.4 Å². The molecule has 2 fully saturated rings. The number of benzene rings is 1. The topological polar surface area (TPSA) is 50.8 Å².